The highest BCUT2D eigenvalue weighted by atomic mass is 19.4. The van der Waals surface area contributed by atoms with Crippen LogP contribution in [-0.4, -0.2) is 9.13 Å². The van der Waals surface area contributed by atoms with Gasteiger partial charge in [-0.25, -0.2) is 9.69 Å². The van der Waals surface area contributed by atoms with Crippen LogP contribution in [0.4, 0.5) is 24.5 Å². The van der Waals surface area contributed by atoms with Gasteiger partial charge in [-0.05, 0) is 138 Å². The fraction of sp³-hybridized carbons (Fsp3) is 0.0820. The third kappa shape index (κ3) is 6.91. The summed E-state index contributed by atoms with van der Waals surface area (Å²) in [5.74, 6) is 0. The minimum absolute atomic E-state index is 0.0972. The van der Waals surface area contributed by atoms with Gasteiger partial charge in [0.25, 0.3) is 0 Å². The molecule has 0 aliphatic rings. The maximum Gasteiger partial charge on any atom is 0.415 e. The molecule has 0 N–H and O–H groups in total. The lowest BCUT2D eigenvalue weighted by atomic mass is 9.94. The minimum Gasteiger partial charge on any atom is -0.309 e. The van der Waals surface area contributed by atoms with Crippen molar-refractivity contribution < 1.29 is 13.2 Å². The van der Waals surface area contributed by atoms with E-state index in [0.717, 1.165) is 94.9 Å². The zero-order valence-corrected chi connectivity index (χ0v) is 37.7. The van der Waals surface area contributed by atoms with Crippen molar-refractivity contribution in [2.75, 3.05) is 0 Å². The van der Waals surface area contributed by atoms with Crippen molar-refractivity contribution in [2.24, 2.45) is 0 Å². The number of benzene rings is 9. The molecule has 0 fully saturated rings. The van der Waals surface area contributed by atoms with Crippen LogP contribution in [0.25, 0.3) is 109 Å². The second-order valence-electron chi connectivity index (χ2n) is 17.7. The first-order chi connectivity index (χ1) is 32.9. The van der Waals surface area contributed by atoms with Crippen molar-refractivity contribution in [1.82, 2.24) is 9.13 Å². The van der Waals surface area contributed by atoms with Gasteiger partial charge in [0.1, 0.15) is 0 Å². The molecule has 2 aromatic heterocycles. The van der Waals surface area contributed by atoms with Gasteiger partial charge in [0.15, 0.2) is 11.4 Å². The van der Waals surface area contributed by atoms with Gasteiger partial charge in [0.05, 0.1) is 46.6 Å². The van der Waals surface area contributed by atoms with Crippen molar-refractivity contribution in [1.29, 1.82) is 0 Å². The molecule has 9 aromatic carbocycles. The zero-order valence-electron chi connectivity index (χ0n) is 37.7. The Morgan fingerprint density at radius 2 is 0.897 bits per heavy atom. The quantitative estimate of drug-likeness (QED) is 0.148. The number of hydrogen-bond acceptors (Lipinski definition) is 0. The Kier molecular flexibility index (Phi) is 9.92. The van der Waals surface area contributed by atoms with Gasteiger partial charge in [-0.2, -0.15) is 13.2 Å². The molecule has 0 saturated carbocycles. The van der Waals surface area contributed by atoms with Crippen molar-refractivity contribution >= 4 is 55.0 Å². The van der Waals surface area contributed by atoms with Crippen LogP contribution in [0.3, 0.4) is 0 Å². The molecule has 0 atom stereocenters. The summed E-state index contributed by atoms with van der Waals surface area (Å²) < 4.78 is 46.5. The Hall–Kier alpha value is -8.65. The average Bonchev–Trinajstić information content (AvgIpc) is 3.85. The molecule has 0 bridgehead atoms. The Labute approximate surface area is 392 Å². The SMILES string of the molecule is [C-]#[N+]c1ccc(-n2c3ccccc3c3cc(-c4ccc(C)cc4C)ccc32)c(-c2ccc(-c3ccc(C(F)(F)F)cc3[N+]#[C-])cc2-n2c3ccccc3c3cc(-c4ccc(C)cc4C)ccc32)c1. The highest BCUT2D eigenvalue weighted by Crippen LogP contribution is 2.46. The van der Waals surface area contributed by atoms with E-state index in [-0.39, 0.29) is 5.69 Å². The van der Waals surface area contributed by atoms with E-state index in [4.69, 9.17) is 13.1 Å². The number of hydrogen-bond donors (Lipinski definition) is 0. The normalized spacial score (nSPS) is 11.7. The third-order valence-corrected chi connectivity index (χ3v) is 13.4. The van der Waals surface area contributed by atoms with Crippen LogP contribution < -0.4 is 0 Å². The van der Waals surface area contributed by atoms with Crippen LogP contribution in [0.2, 0.25) is 0 Å². The Bertz CT molecular complexity index is 3980. The van der Waals surface area contributed by atoms with E-state index in [1.54, 1.807) is 0 Å². The van der Waals surface area contributed by atoms with Crippen LogP contribution in [0.5, 0.6) is 0 Å². The molecule has 0 saturated heterocycles. The van der Waals surface area contributed by atoms with Crippen LogP contribution >= 0.6 is 0 Å². The smallest absolute Gasteiger partial charge is 0.309 e. The minimum atomic E-state index is -4.61. The van der Waals surface area contributed by atoms with Gasteiger partial charge in [-0.1, -0.05) is 126 Å². The van der Waals surface area contributed by atoms with Crippen LogP contribution in [0.1, 0.15) is 27.8 Å². The predicted octanol–water partition coefficient (Wildman–Crippen LogP) is 17.9. The summed E-state index contributed by atoms with van der Waals surface area (Å²) in [5.41, 5.74) is 16.8. The van der Waals surface area contributed by atoms with Gasteiger partial charge in [0, 0.05) is 32.7 Å². The molecule has 0 aliphatic carbocycles. The lowest BCUT2D eigenvalue weighted by molar-refractivity contribution is -0.137. The second kappa shape index (κ2) is 16.0. The number of para-hydroxylation sites is 2. The highest BCUT2D eigenvalue weighted by molar-refractivity contribution is 6.13. The van der Waals surface area contributed by atoms with E-state index in [1.807, 2.05) is 54.6 Å². The van der Waals surface area contributed by atoms with Crippen molar-refractivity contribution in [3.63, 3.8) is 0 Å². The third-order valence-electron chi connectivity index (χ3n) is 13.4. The summed E-state index contributed by atoms with van der Waals surface area (Å²) in [5, 5.41) is 4.23. The molecular weight excluding hydrogens is 846 g/mol. The highest BCUT2D eigenvalue weighted by Gasteiger charge is 2.31. The molecule has 0 unspecified atom stereocenters. The second-order valence-corrected chi connectivity index (χ2v) is 17.7. The summed E-state index contributed by atoms with van der Waals surface area (Å²) in [4.78, 5) is 7.55. The van der Waals surface area contributed by atoms with Gasteiger partial charge in [-0.15, -0.1) is 0 Å². The summed E-state index contributed by atoms with van der Waals surface area (Å²) in [6.45, 7) is 24.7. The summed E-state index contributed by atoms with van der Waals surface area (Å²) in [6.07, 6.45) is -4.61. The number of alkyl halides is 3. The Balaban J connectivity index is 1.21. The number of aryl methyl sites for hydroxylation is 4. The van der Waals surface area contributed by atoms with Gasteiger partial charge in [0.2, 0.25) is 0 Å². The standard InChI is InChI=1S/C61H41F3N4/c1-36-15-22-45(38(3)29-36)40-18-26-57-51(31-40)48-11-7-9-13-55(48)67(57)59-28-21-44(65-5)35-53(59)50-24-17-42(47-25-20-43(61(62,63)64)34-54(47)66-6)33-60(50)68-56-14-10-8-12-49(56)52-32-41(19-27-58(52)68)46-23-16-37(2)30-39(46)4/h7-35H,1-4H3. The van der Waals surface area contributed by atoms with Gasteiger partial charge < -0.3 is 9.13 Å². The van der Waals surface area contributed by atoms with Crippen LogP contribution in [0, 0.1) is 40.8 Å². The van der Waals surface area contributed by atoms with Crippen molar-refractivity contribution in [3.05, 3.63) is 227 Å². The molecule has 0 radical (unpaired) electrons. The van der Waals surface area contributed by atoms with E-state index >= 15 is 0 Å². The largest absolute Gasteiger partial charge is 0.415 e. The number of aromatic nitrogens is 2. The molecule has 11 aromatic rings. The van der Waals surface area contributed by atoms with E-state index in [0.29, 0.717) is 16.8 Å². The Morgan fingerprint density at radius 1 is 0.397 bits per heavy atom. The number of halogens is 3. The molecule has 326 valence electrons. The molecule has 68 heavy (non-hydrogen) atoms. The maximum absolute atomic E-state index is 14.0. The molecule has 7 heteroatoms. The van der Waals surface area contributed by atoms with E-state index < -0.39 is 11.7 Å². The maximum atomic E-state index is 14.0. The number of nitrogens with zero attached hydrogens (tertiary/aromatic N) is 4. The molecule has 11 rings (SSSR count). The monoisotopic (exact) mass is 886 g/mol. The zero-order chi connectivity index (χ0) is 47.0. The lowest BCUT2D eigenvalue weighted by Crippen LogP contribution is -2.04. The average molecular weight is 887 g/mol. The first-order valence-corrected chi connectivity index (χ1v) is 22.4. The van der Waals surface area contributed by atoms with E-state index in [1.165, 1.54) is 33.9 Å². The Morgan fingerprint density at radius 3 is 1.44 bits per heavy atom. The van der Waals surface area contributed by atoms with E-state index in [9.17, 15) is 13.2 Å². The molecule has 4 nitrogen and oxygen atoms in total. The predicted molar refractivity (Wildman–Crippen MR) is 273 cm³/mol. The van der Waals surface area contributed by atoms with Crippen LogP contribution in [0.15, 0.2) is 176 Å². The molecule has 0 spiro atoms. The van der Waals surface area contributed by atoms with E-state index in [2.05, 4.69) is 150 Å². The molecule has 0 aliphatic heterocycles. The summed E-state index contributed by atoms with van der Waals surface area (Å²) in [7, 11) is 0. The first-order valence-electron chi connectivity index (χ1n) is 22.4. The molecule has 2 heterocycles. The fourth-order valence-electron chi connectivity index (χ4n) is 10.2. The van der Waals surface area contributed by atoms with Crippen molar-refractivity contribution in [3.8, 4) is 55.9 Å². The summed E-state index contributed by atoms with van der Waals surface area (Å²) in [6, 6.07) is 57.8. The topological polar surface area (TPSA) is 18.6 Å². The number of rotatable bonds is 6. The summed E-state index contributed by atoms with van der Waals surface area (Å²) >= 11 is 0. The van der Waals surface area contributed by atoms with Crippen molar-refractivity contribution in [2.45, 2.75) is 33.9 Å². The number of fused-ring (bicyclic) bond motifs is 6. The first kappa shape index (κ1) is 42.0. The fourth-order valence-corrected chi connectivity index (χ4v) is 10.2. The molecular formula is C61H41F3N4. The molecule has 0 amide bonds. The lowest BCUT2D eigenvalue weighted by Gasteiger charge is -2.20. The van der Waals surface area contributed by atoms with Gasteiger partial charge in [-0.3, -0.25) is 0 Å². The van der Waals surface area contributed by atoms with Crippen LogP contribution in [-0.2, 0) is 6.18 Å². The van der Waals surface area contributed by atoms with Gasteiger partial charge >= 0.3 is 6.18 Å².